The maximum Gasteiger partial charge on any atom is 0.246 e. The third-order valence-electron chi connectivity index (χ3n) is 5.54. The van der Waals surface area contributed by atoms with E-state index in [1.54, 1.807) is 0 Å². The van der Waals surface area contributed by atoms with Crippen LogP contribution in [0.1, 0.15) is 5.82 Å². The molecule has 3 heterocycles. The Kier molecular flexibility index (Phi) is 4.96. The maximum atomic E-state index is 14.6. The van der Waals surface area contributed by atoms with Crippen LogP contribution in [0.5, 0.6) is 0 Å². The van der Waals surface area contributed by atoms with Gasteiger partial charge in [0.15, 0.2) is 0 Å². The summed E-state index contributed by atoms with van der Waals surface area (Å²) in [6.07, 6.45) is 0. The maximum absolute atomic E-state index is 14.6. The Bertz CT molecular complexity index is 1330. The summed E-state index contributed by atoms with van der Waals surface area (Å²) in [7, 11) is -4.07. The van der Waals surface area contributed by atoms with Crippen molar-refractivity contribution >= 4 is 38.2 Å². The standard InChI is InChI=1S/C21H20FN5O4S/c22-14-6-5-13(11-18(14)32(29,30)26-7-9-31-10-8-26)27-12-17(28)19(20(27)23)21-24-15-3-1-2-4-16(15)25-21/h1-6,11,23,28H,7-10,12H2,(H,24,25). The smallest absolute Gasteiger partial charge is 0.246 e. The van der Waals surface area contributed by atoms with Gasteiger partial charge in [0.05, 0.1) is 36.4 Å². The minimum Gasteiger partial charge on any atom is -0.509 e. The molecular weight excluding hydrogens is 437 g/mol. The van der Waals surface area contributed by atoms with Gasteiger partial charge in [0.25, 0.3) is 0 Å². The van der Waals surface area contributed by atoms with Gasteiger partial charge in [0, 0.05) is 18.8 Å². The number of ether oxygens (including phenoxy) is 1. The third kappa shape index (κ3) is 3.34. The van der Waals surface area contributed by atoms with Crippen LogP contribution in [-0.4, -0.2) is 66.5 Å². The number of nitrogens with one attached hydrogen (secondary N) is 2. The number of aromatic amines is 1. The fourth-order valence-corrected chi connectivity index (χ4v) is 5.40. The molecule has 0 aliphatic carbocycles. The minimum absolute atomic E-state index is 0.0616. The third-order valence-corrected chi connectivity index (χ3v) is 7.46. The number of nitrogens with zero attached hydrogens (tertiary/aromatic N) is 3. The fraction of sp³-hybridized carbons (Fsp3) is 0.238. The molecule has 3 N–H and O–H groups in total. The number of imidazole rings is 1. The largest absolute Gasteiger partial charge is 0.509 e. The average molecular weight is 457 g/mol. The van der Waals surface area contributed by atoms with Crippen LogP contribution in [0.15, 0.2) is 53.1 Å². The first kappa shape index (κ1) is 20.6. The highest BCUT2D eigenvalue weighted by molar-refractivity contribution is 7.89. The molecule has 0 spiro atoms. The van der Waals surface area contributed by atoms with Crippen molar-refractivity contribution < 1.29 is 22.7 Å². The highest BCUT2D eigenvalue weighted by Crippen LogP contribution is 2.33. The Hall–Kier alpha value is -3.28. The van der Waals surface area contributed by atoms with Gasteiger partial charge in [-0.05, 0) is 30.3 Å². The van der Waals surface area contributed by atoms with Gasteiger partial charge in [0.1, 0.15) is 28.1 Å². The Morgan fingerprint density at radius 3 is 2.66 bits per heavy atom. The van der Waals surface area contributed by atoms with E-state index >= 15 is 0 Å². The second-order valence-corrected chi connectivity index (χ2v) is 9.40. The van der Waals surface area contributed by atoms with E-state index in [1.165, 1.54) is 21.3 Å². The van der Waals surface area contributed by atoms with Crippen molar-refractivity contribution in [2.24, 2.45) is 0 Å². The van der Waals surface area contributed by atoms with E-state index in [0.717, 1.165) is 11.6 Å². The Labute approximate surface area is 183 Å². The Morgan fingerprint density at radius 2 is 1.91 bits per heavy atom. The van der Waals surface area contributed by atoms with E-state index in [0.29, 0.717) is 11.3 Å². The van der Waals surface area contributed by atoms with Crippen LogP contribution < -0.4 is 4.90 Å². The van der Waals surface area contributed by atoms with E-state index in [-0.39, 0.29) is 55.7 Å². The predicted octanol–water partition coefficient (Wildman–Crippen LogP) is 2.49. The number of benzene rings is 2. The summed E-state index contributed by atoms with van der Waals surface area (Å²) in [5.41, 5.74) is 1.94. The van der Waals surface area contributed by atoms with Crippen LogP contribution in [0.3, 0.4) is 0 Å². The van der Waals surface area contributed by atoms with E-state index in [1.807, 2.05) is 24.3 Å². The molecule has 1 aromatic heterocycles. The van der Waals surface area contributed by atoms with Gasteiger partial charge in [-0.3, -0.25) is 5.41 Å². The minimum atomic E-state index is -4.07. The lowest BCUT2D eigenvalue weighted by Crippen LogP contribution is -2.41. The number of fused-ring (bicyclic) bond motifs is 1. The van der Waals surface area contributed by atoms with Gasteiger partial charge in [-0.25, -0.2) is 17.8 Å². The van der Waals surface area contributed by atoms with Crippen molar-refractivity contribution in [2.75, 3.05) is 37.7 Å². The number of aliphatic hydroxyl groups excluding tert-OH is 1. The van der Waals surface area contributed by atoms with Crippen molar-refractivity contribution in [3.05, 3.63) is 59.9 Å². The number of para-hydroxylation sites is 2. The first-order valence-corrected chi connectivity index (χ1v) is 11.4. The molecule has 32 heavy (non-hydrogen) atoms. The van der Waals surface area contributed by atoms with E-state index < -0.39 is 20.7 Å². The van der Waals surface area contributed by atoms with Gasteiger partial charge >= 0.3 is 0 Å². The van der Waals surface area contributed by atoms with Gasteiger partial charge in [-0.1, -0.05) is 12.1 Å². The lowest BCUT2D eigenvalue weighted by atomic mass is 10.2. The Morgan fingerprint density at radius 1 is 1.16 bits per heavy atom. The number of hydrogen-bond acceptors (Lipinski definition) is 6. The molecule has 0 radical (unpaired) electrons. The summed E-state index contributed by atoms with van der Waals surface area (Å²) < 4.78 is 46.9. The second-order valence-electron chi connectivity index (χ2n) is 7.49. The Balaban J connectivity index is 1.48. The number of aliphatic hydroxyl groups is 1. The van der Waals surface area contributed by atoms with Crippen LogP contribution in [0.25, 0.3) is 16.6 Å². The molecule has 166 valence electrons. The molecule has 0 unspecified atom stereocenters. The highest BCUT2D eigenvalue weighted by Gasteiger charge is 2.34. The number of sulfonamides is 1. The van der Waals surface area contributed by atoms with Gasteiger partial charge in [-0.2, -0.15) is 4.31 Å². The second kappa shape index (κ2) is 7.69. The number of morpholine rings is 1. The first-order valence-electron chi connectivity index (χ1n) is 9.97. The molecule has 9 nitrogen and oxygen atoms in total. The van der Waals surface area contributed by atoms with Crippen LogP contribution in [0, 0.1) is 11.2 Å². The molecule has 1 fully saturated rings. The zero-order chi connectivity index (χ0) is 22.5. The zero-order valence-electron chi connectivity index (χ0n) is 16.9. The first-order chi connectivity index (χ1) is 15.4. The summed E-state index contributed by atoms with van der Waals surface area (Å²) >= 11 is 0. The van der Waals surface area contributed by atoms with Crippen LogP contribution in [0.2, 0.25) is 0 Å². The summed E-state index contributed by atoms with van der Waals surface area (Å²) in [5.74, 6) is -0.695. The SMILES string of the molecule is N=C1C(c2nc3ccccc3[nH]2)=C(O)CN1c1ccc(F)c(S(=O)(=O)N2CCOCC2)c1. The molecule has 0 bridgehead atoms. The molecular formula is C21H20FN5O4S. The lowest BCUT2D eigenvalue weighted by molar-refractivity contribution is 0.0729. The van der Waals surface area contributed by atoms with Gasteiger partial charge in [0.2, 0.25) is 10.0 Å². The number of rotatable bonds is 4. The molecule has 3 aromatic rings. The van der Waals surface area contributed by atoms with Crippen molar-refractivity contribution in [2.45, 2.75) is 4.90 Å². The van der Waals surface area contributed by atoms with Crippen molar-refractivity contribution in [3.8, 4) is 0 Å². The quantitative estimate of drug-likeness (QED) is 0.553. The lowest BCUT2D eigenvalue weighted by Gasteiger charge is -2.27. The number of amidine groups is 1. The van der Waals surface area contributed by atoms with Crippen molar-refractivity contribution in [1.29, 1.82) is 5.41 Å². The molecule has 0 saturated carbocycles. The molecule has 11 heteroatoms. The van der Waals surface area contributed by atoms with Crippen molar-refractivity contribution in [3.63, 3.8) is 0 Å². The number of halogens is 1. The molecule has 1 saturated heterocycles. The zero-order valence-corrected chi connectivity index (χ0v) is 17.7. The fourth-order valence-electron chi connectivity index (χ4n) is 3.90. The number of hydrogen-bond donors (Lipinski definition) is 3. The predicted molar refractivity (Wildman–Crippen MR) is 117 cm³/mol. The van der Waals surface area contributed by atoms with Gasteiger partial charge < -0.3 is 19.7 Å². The summed E-state index contributed by atoms with van der Waals surface area (Å²) in [6, 6.07) is 11.0. The molecule has 2 aromatic carbocycles. The summed E-state index contributed by atoms with van der Waals surface area (Å²) in [5, 5.41) is 19.2. The van der Waals surface area contributed by atoms with Crippen LogP contribution in [-0.2, 0) is 14.8 Å². The summed E-state index contributed by atoms with van der Waals surface area (Å²) in [4.78, 5) is 8.47. The topological polar surface area (TPSA) is 123 Å². The van der Waals surface area contributed by atoms with Crippen molar-refractivity contribution in [1.82, 2.24) is 14.3 Å². The van der Waals surface area contributed by atoms with Gasteiger partial charge in [-0.15, -0.1) is 0 Å². The number of aromatic nitrogens is 2. The normalized spacial score (nSPS) is 18.2. The monoisotopic (exact) mass is 457 g/mol. The van der Waals surface area contributed by atoms with E-state index in [4.69, 9.17) is 10.1 Å². The number of anilines is 1. The van der Waals surface area contributed by atoms with Crippen LogP contribution >= 0.6 is 0 Å². The average Bonchev–Trinajstić information content (AvgIpc) is 3.34. The van der Waals surface area contributed by atoms with E-state index in [2.05, 4.69) is 9.97 Å². The molecule has 0 amide bonds. The molecule has 0 atom stereocenters. The highest BCUT2D eigenvalue weighted by atomic mass is 32.2. The molecule has 2 aliphatic rings. The summed E-state index contributed by atoms with van der Waals surface area (Å²) in [6.45, 7) is 0.716. The number of H-pyrrole nitrogens is 1. The molecule has 5 rings (SSSR count). The molecule has 2 aliphatic heterocycles. The van der Waals surface area contributed by atoms with Crippen LogP contribution in [0.4, 0.5) is 10.1 Å². The van der Waals surface area contributed by atoms with E-state index in [9.17, 15) is 17.9 Å².